The van der Waals surface area contributed by atoms with Crippen LogP contribution in [-0.4, -0.2) is 65.5 Å². The maximum absolute atomic E-state index is 12.4. The van der Waals surface area contributed by atoms with Gasteiger partial charge in [0.15, 0.2) is 0 Å². The molecule has 5 nitrogen and oxygen atoms in total. The van der Waals surface area contributed by atoms with E-state index in [1.807, 2.05) is 58.9 Å². The van der Waals surface area contributed by atoms with Crippen LogP contribution in [0.1, 0.15) is 19.4 Å². The maximum Gasteiger partial charge on any atom is 0.227 e. The van der Waals surface area contributed by atoms with Gasteiger partial charge in [-0.15, -0.1) is 11.6 Å². The number of ketones is 2. The largest absolute Gasteiger partial charge is 0.365 e. The number of benzene rings is 1. The Labute approximate surface area is 164 Å². The van der Waals surface area contributed by atoms with E-state index < -0.39 is 0 Å². The van der Waals surface area contributed by atoms with Crippen molar-refractivity contribution in [1.29, 1.82) is 0 Å². The highest BCUT2D eigenvalue weighted by molar-refractivity contribution is 6.23. The zero-order valence-electron chi connectivity index (χ0n) is 15.7. The average Bonchev–Trinajstić information content (AvgIpc) is 3.48. The smallest absolute Gasteiger partial charge is 0.227 e. The van der Waals surface area contributed by atoms with Gasteiger partial charge in [0.1, 0.15) is 11.4 Å². The minimum atomic E-state index is -0.235. The van der Waals surface area contributed by atoms with Gasteiger partial charge in [-0.3, -0.25) is 9.59 Å². The van der Waals surface area contributed by atoms with Crippen LogP contribution in [0, 0.1) is 0 Å². The lowest BCUT2D eigenvalue weighted by Crippen LogP contribution is -2.29. The monoisotopic (exact) mass is 385 g/mol. The number of halogens is 1. The molecule has 3 aliphatic heterocycles. The molecule has 5 rings (SSSR count). The molecule has 3 fully saturated rings. The van der Waals surface area contributed by atoms with Crippen molar-refractivity contribution in [3.8, 4) is 0 Å². The van der Waals surface area contributed by atoms with Crippen LogP contribution in [-0.2, 0) is 14.5 Å². The molecule has 1 aromatic carbocycles. The minimum absolute atomic E-state index is 0.00546. The highest BCUT2D eigenvalue weighted by Gasteiger charge is 2.43. The molecular weight excluding hydrogens is 362 g/mol. The van der Waals surface area contributed by atoms with E-state index in [0.717, 1.165) is 44.8 Å². The molecule has 0 spiro atoms. The van der Waals surface area contributed by atoms with E-state index in [1.165, 1.54) is 6.08 Å². The van der Waals surface area contributed by atoms with Crippen molar-refractivity contribution in [3.05, 3.63) is 59.1 Å². The fourth-order valence-electron chi connectivity index (χ4n) is 3.11. The molecule has 0 amide bonds. The predicted octanol–water partition coefficient (Wildman–Crippen LogP) is 2.34. The Morgan fingerprint density at radius 2 is 1.33 bits per heavy atom. The van der Waals surface area contributed by atoms with E-state index >= 15 is 0 Å². The first-order valence-corrected chi connectivity index (χ1v) is 9.78. The summed E-state index contributed by atoms with van der Waals surface area (Å²) in [5.74, 6) is 0.0485. The third kappa shape index (κ3) is 4.03. The Hall–Kier alpha value is -2.27. The van der Waals surface area contributed by atoms with Gasteiger partial charge in [0.2, 0.25) is 11.6 Å². The molecular formula is C21H24ClN3O2. The molecule has 4 aliphatic rings. The molecule has 3 heterocycles. The minimum Gasteiger partial charge on any atom is -0.365 e. The molecule has 0 bridgehead atoms. The first kappa shape index (κ1) is 18.1. The summed E-state index contributed by atoms with van der Waals surface area (Å²) in [6.45, 7) is 9.39. The van der Waals surface area contributed by atoms with E-state index in [-0.39, 0.29) is 16.4 Å². The molecule has 6 heteroatoms. The summed E-state index contributed by atoms with van der Waals surface area (Å²) in [6, 6.07) is 10.1. The molecule has 3 saturated heterocycles. The number of nitrogens with zero attached hydrogens (tertiary/aromatic N) is 3. The van der Waals surface area contributed by atoms with Crippen LogP contribution in [0.15, 0.2) is 53.5 Å². The van der Waals surface area contributed by atoms with Crippen LogP contribution in [0.2, 0.25) is 0 Å². The topological polar surface area (TPSA) is 43.2 Å². The zero-order valence-corrected chi connectivity index (χ0v) is 16.5. The standard InChI is InChI=1S/C12H13N3O2.C9H11Cl/c16-9-7-8(13-1-2-13)12(17)11(15-5-6-15)10(9)14-3-4-14;1-9(2,10)8-6-4-3-5-7-8/h7H,1-6H2;3-7H,1-2H3. The number of allylic oxidation sites excluding steroid dienone is 1. The maximum atomic E-state index is 12.4. The highest BCUT2D eigenvalue weighted by Crippen LogP contribution is 2.34. The number of hydrogen-bond acceptors (Lipinski definition) is 5. The average molecular weight is 386 g/mol. The molecule has 0 N–H and O–H groups in total. The van der Waals surface area contributed by atoms with Crippen LogP contribution in [0.25, 0.3) is 0 Å². The number of carbonyl (C=O) groups excluding carboxylic acids is 2. The van der Waals surface area contributed by atoms with Crippen LogP contribution in [0.3, 0.4) is 0 Å². The number of alkyl halides is 1. The van der Waals surface area contributed by atoms with E-state index in [1.54, 1.807) is 0 Å². The summed E-state index contributed by atoms with van der Waals surface area (Å²) in [5.41, 5.74) is 3.05. The summed E-state index contributed by atoms with van der Waals surface area (Å²) in [6.07, 6.45) is 1.52. The van der Waals surface area contributed by atoms with Crippen molar-refractivity contribution >= 4 is 23.2 Å². The molecule has 27 heavy (non-hydrogen) atoms. The van der Waals surface area contributed by atoms with E-state index in [2.05, 4.69) is 0 Å². The quantitative estimate of drug-likeness (QED) is 0.452. The first-order chi connectivity index (χ1) is 12.9. The Kier molecular flexibility index (Phi) is 4.50. The Morgan fingerprint density at radius 1 is 0.815 bits per heavy atom. The summed E-state index contributed by atoms with van der Waals surface area (Å²) < 4.78 is 0. The highest BCUT2D eigenvalue weighted by atomic mass is 35.5. The molecule has 0 radical (unpaired) electrons. The Balaban J connectivity index is 0.000000155. The molecule has 1 aromatic rings. The van der Waals surface area contributed by atoms with Crippen molar-refractivity contribution in [3.63, 3.8) is 0 Å². The second-order valence-electron chi connectivity index (χ2n) is 7.72. The van der Waals surface area contributed by atoms with E-state index in [0.29, 0.717) is 17.1 Å². The van der Waals surface area contributed by atoms with Crippen LogP contribution in [0.4, 0.5) is 0 Å². The summed E-state index contributed by atoms with van der Waals surface area (Å²) in [4.78, 5) is 30.2. The van der Waals surface area contributed by atoms with Crippen molar-refractivity contribution in [1.82, 2.24) is 14.7 Å². The summed E-state index contributed by atoms with van der Waals surface area (Å²) >= 11 is 6.06. The van der Waals surface area contributed by atoms with E-state index in [9.17, 15) is 9.59 Å². The molecule has 0 atom stereocenters. The molecule has 0 aromatic heterocycles. The normalized spacial score (nSPS) is 21.0. The van der Waals surface area contributed by atoms with E-state index in [4.69, 9.17) is 11.6 Å². The van der Waals surface area contributed by atoms with Crippen molar-refractivity contribution in [2.24, 2.45) is 0 Å². The van der Waals surface area contributed by atoms with Crippen LogP contribution < -0.4 is 0 Å². The Morgan fingerprint density at radius 3 is 1.78 bits per heavy atom. The third-order valence-electron chi connectivity index (χ3n) is 4.95. The molecule has 1 aliphatic carbocycles. The molecule has 0 saturated carbocycles. The first-order valence-electron chi connectivity index (χ1n) is 9.40. The second kappa shape index (κ2) is 6.71. The van der Waals surface area contributed by atoms with Gasteiger partial charge < -0.3 is 14.7 Å². The number of Topliss-reactive ketones (excluding diaryl/α,β-unsaturated/α-hetero) is 1. The van der Waals surface area contributed by atoms with Crippen LogP contribution >= 0.6 is 11.6 Å². The van der Waals surface area contributed by atoms with Gasteiger partial charge in [-0.05, 0) is 19.4 Å². The van der Waals surface area contributed by atoms with Gasteiger partial charge in [0.05, 0.1) is 10.6 Å². The van der Waals surface area contributed by atoms with Gasteiger partial charge in [-0.1, -0.05) is 30.3 Å². The number of hydrogen-bond donors (Lipinski definition) is 0. The Bertz CT molecular complexity index is 827. The lowest BCUT2D eigenvalue weighted by atomic mass is 10.0. The van der Waals surface area contributed by atoms with Crippen molar-refractivity contribution < 1.29 is 9.59 Å². The second-order valence-corrected chi connectivity index (χ2v) is 8.66. The summed E-state index contributed by atoms with van der Waals surface area (Å²) in [5, 5.41) is 0. The fraction of sp³-hybridized carbons (Fsp3) is 0.429. The number of carbonyl (C=O) groups is 2. The predicted molar refractivity (Wildman–Crippen MR) is 105 cm³/mol. The van der Waals surface area contributed by atoms with Crippen molar-refractivity contribution in [2.75, 3.05) is 39.3 Å². The van der Waals surface area contributed by atoms with Gasteiger partial charge in [-0.25, -0.2) is 0 Å². The van der Waals surface area contributed by atoms with Gasteiger partial charge in [0, 0.05) is 45.3 Å². The molecule has 142 valence electrons. The summed E-state index contributed by atoms with van der Waals surface area (Å²) in [7, 11) is 0. The SMILES string of the molecule is CC(C)(Cl)c1ccccc1.O=C1C=C(N2CC2)C(=O)C(N2CC2)=C1N1CC1. The lowest BCUT2D eigenvalue weighted by molar-refractivity contribution is -0.117. The fourth-order valence-corrected chi connectivity index (χ4v) is 3.24. The van der Waals surface area contributed by atoms with Gasteiger partial charge in [-0.2, -0.15) is 0 Å². The zero-order chi connectivity index (χ0) is 19.2. The van der Waals surface area contributed by atoms with Crippen molar-refractivity contribution in [2.45, 2.75) is 18.7 Å². The van der Waals surface area contributed by atoms with Gasteiger partial charge >= 0.3 is 0 Å². The third-order valence-corrected chi connectivity index (χ3v) is 5.17. The lowest BCUT2D eigenvalue weighted by Gasteiger charge is -2.21. The molecule has 0 unspecified atom stereocenters. The van der Waals surface area contributed by atoms with Crippen LogP contribution in [0.5, 0.6) is 0 Å². The van der Waals surface area contributed by atoms with Gasteiger partial charge in [0.25, 0.3) is 0 Å². The number of rotatable bonds is 4.